The van der Waals surface area contributed by atoms with Crippen LogP contribution in [0.4, 0.5) is 4.79 Å². The highest BCUT2D eigenvalue weighted by molar-refractivity contribution is 7.11. The van der Waals surface area contributed by atoms with Crippen LogP contribution in [-0.4, -0.2) is 28.6 Å². The highest BCUT2D eigenvalue weighted by atomic mass is 32.1. The van der Waals surface area contributed by atoms with Gasteiger partial charge in [-0.15, -0.1) is 11.3 Å². The van der Waals surface area contributed by atoms with Crippen molar-refractivity contribution in [1.82, 2.24) is 15.6 Å². The predicted molar refractivity (Wildman–Crippen MR) is 68.7 cm³/mol. The summed E-state index contributed by atoms with van der Waals surface area (Å²) >= 11 is 1.56. The molecule has 0 atom stereocenters. The molecule has 0 aliphatic carbocycles. The average molecular weight is 271 g/mol. The van der Waals surface area contributed by atoms with Gasteiger partial charge in [-0.1, -0.05) is 0 Å². The number of hydrogen-bond donors (Lipinski definition) is 3. The van der Waals surface area contributed by atoms with Crippen molar-refractivity contribution in [3.05, 3.63) is 15.6 Å². The van der Waals surface area contributed by atoms with E-state index < -0.39 is 5.97 Å². The summed E-state index contributed by atoms with van der Waals surface area (Å²) in [7, 11) is 0. The van der Waals surface area contributed by atoms with E-state index in [9.17, 15) is 9.59 Å². The molecule has 0 fully saturated rings. The number of aliphatic carboxylic acids is 1. The van der Waals surface area contributed by atoms with Crippen molar-refractivity contribution in [3.63, 3.8) is 0 Å². The number of carbonyl (C=O) groups excluding carboxylic acids is 1. The third kappa shape index (κ3) is 5.13. The number of urea groups is 1. The molecule has 0 aromatic carbocycles. The van der Waals surface area contributed by atoms with Crippen molar-refractivity contribution in [3.8, 4) is 0 Å². The standard InChI is InChI=1S/C11H17N3O3S/c1-7-9(18-8(2)14-7)6-13-11(17)12-5-3-4-10(15)16/h3-6H2,1-2H3,(H,15,16)(H2,12,13,17). The maximum Gasteiger partial charge on any atom is 0.315 e. The van der Waals surface area contributed by atoms with Gasteiger partial charge in [0.1, 0.15) is 0 Å². The van der Waals surface area contributed by atoms with Gasteiger partial charge in [0.15, 0.2) is 0 Å². The van der Waals surface area contributed by atoms with Crippen molar-refractivity contribution >= 4 is 23.3 Å². The largest absolute Gasteiger partial charge is 0.481 e. The monoisotopic (exact) mass is 271 g/mol. The van der Waals surface area contributed by atoms with Crippen molar-refractivity contribution in [2.24, 2.45) is 0 Å². The van der Waals surface area contributed by atoms with E-state index in [1.54, 1.807) is 11.3 Å². The van der Waals surface area contributed by atoms with Gasteiger partial charge >= 0.3 is 12.0 Å². The Labute approximate surface area is 109 Å². The van der Waals surface area contributed by atoms with Crippen LogP contribution < -0.4 is 10.6 Å². The fourth-order valence-electron chi connectivity index (χ4n) is 1.40. The summed E-state index contributed by atoms with van der Waals surface area (Å²) in [6.07, 6.45) is 0.495. The SMILES string of the molecule is Cc1nc(C)c(CNC(=O)NCCCC(=O)O)s1. The lowest BCUT2D eigenvalue weighted by Crippen LogP contribution is -2.35. The Balaban J connectivity index is 2.21. The zero-order chi connectivity index (χ0) is 13.5. The van der Waals surface area contributed by atoms with Crippen molar-refractivity contribution < 1.29 is 14.7 Å². The Morgan fingerprint density at radius 3 is 2.61 bits per heavy atom. The minimum atomic E-state index is -0.854. The molecule has 3 N–H and O–H groups in total. The molecule has 0 unspecified atom stereocenters. The highest BCUT2D eigenvalue weighted by Crippen LogP contribution is 2.16. The van der Waals surface area contributed by atoms with Crippen LogP contribution >= 0.6 is 11.3 Å². The van der Waals surface area contributed by atoms with Crippen LogP contribution in [-0.2, 0) is 11.3 Å². The van der Waals surface area contributed by atoms with Gasteiger partial charge in [-0.25, -0.2) is 9.78 Å². The average Bonchev–Trinajstić information content (AvgIpc) is 2.60. The van der Waals surface area contributed by atoms with Crippen LogP contribution in [0.25, 0.3) is 0 Å². The topological polar surface area (TPSA) is 91.3 Å². The molecule has 0 spiro atoms. The summed E-state index contributed by atoms with van der Waals surface area (Å²) < 4.78 is 0. The van der Waals surface area contributed by atoms with Gasteiger partial charge in [0, 0.05) is 17.8 Å². The van der Waals surface area contributed by atoms with Crippen molar-refractivity contribution in [1.29, 1.82) is 0 Å². The van der Waals surface area contributed by atoms with Crippen LogP contribution in [0, 0.1) is 13.8 Å². The number of nitrogens with zero attached hydrogens (tertiary/aromatic N) is 1. The van der Waals surface area contributed by atoms with Crippen LogP contribution in [0.15, 0.2) is 0 Å². The van der Waals surface area contributed by atoms with E-state index in [-0.39, 0.29) is 12.5 Å². The van der Waals surface area contributed by atoms with Gasteiger partial charge in [0.05, 0.1) is 17.2 Å². The molecule has 7 heteroatoms. The van der Waals surface area contributed by atoms with Gasteiger partial charge < -0.3 is 15.7 Å². The number of hydrogen-bond acceptors (Lipinski definition) is 4. The van der Waals surface area contributed by atoms with Crippen molar-refractivity contribution in [2.75, 3.05) is 6.54 Å². The summed E-state index contributed by atoms with van der Waals surface area (Å²) in [5.41, 5.74) is 0.934. The van der Waals surface area contributed by atoms with E-state index in [0.29, 0.717) is 19.5 Å². The molecule has 1 aromatic rings. The lowest BCUT2D eigenvalue weighted by molar-refractivity contribution is -0.137. The van der Waals surface area contributed by atoms with E-state index in [0.717, 1.165) is 15.6 Å². The molecule has 6 nitrogen and oxygen atoms in total. The Morgan fingerprint density at radius 2 is 2.06 bits per heavy atom. The first-order valence-corrected chi connectivity index (χ1v) is 6.47. The molecule has 100 valence electrons. The Kier molecular flexibility index (Phi) is 5.57. The molecule has 0 saturated heterocycles. The lowest BCUT2D eigenvalue weighted by Gasteiger charge is -2.06. The fraction of sp³-hybridized carbons (Fsp3) is 0.545. The molecular weight excluding hydrogens is 254 g/mol. The second-order valence-corrected chi connectivity index (χ2v) is 5.14. The molecule has 18 heavy (non-hydrogen) atoms. The van der Waals surface area contributed by atoms with Crippen LogP contribution in [0.1, 0.15) is 28.4 Å². The number of amides is 2. The minimum absolute atomic E-state index is 0.0629. The first-order valence-electron chi connectivity index (χ1n) is 5.65. The summed E-state index contributed by atoms with van der Waals surface area (Å²) in [6.45, 7) is 4.64. The van der Waals surface area contributed by atoms with Crippen LogP contribution in [0.2, 0.25) is 0 Å². The molecule has 0 bridgehead atoms. The van der Waals surface area contributed by atoms with E-state index in [2.05, 4.69) is 15.6 Å². The van der Waals surface area contributed by atoms with Gasteiger partial charge in [-0.3, -0.25) is 4.79 Å². The zero-order valence-electron chi connectivity index (χ0n) is 10.4. The molecule has 1 heterocycles. The number of carboxylic acids is 1. The molecule has 0 aliphatic rings. The highest BCUT2D eigenvalue weighted by Gasteiger charge is 2.06. The lowest BCUT2D eigenvalue weighted by atomic mass is 10.3. The number of rotatable bonds is 6. The molecule has 0 saturated carbocycles. The maximum atomic E-state index is 11.4. The number of thiazole rings is 1. The second-order valence-electron chi connectivity index (χ2n) is 3.85. The van der Waals surface area contributed by atoms with E-state index in [1.807, 2.05) is 13.8 Å². The minimum Gasteiger partial charge on any atom is -0.481 e. The number of aryl methyl sites for hydroxylation is 2. The molecule has 2 amide bonds. The Morgan fingerprint density at radius 1 is 1.33 bits per heavy atom. The van der Waals surface area contributed by atoms with Gasteiger partial charge in [0.25, 0.3) is 0 Å². The number of carbonyl (C=O) groups is 2. The van der Waals surface area contributed by atoms with E-state index in [4.69, 9.17) is 5.11 Å². The molecule has 0 aliphatic heterocycles. The van der Waals surface area contributed by atoms with E-state index >= 15 is 0 Å². The Bertz CT molecular complexity index is 431. The van der Waals surface area contributed by atoms with Crippen LogP contribution in [0.5, 0.6) is 0 Å². The third-order valence-electron chi connectivity index (χ3n) is 2.26. The Hall–Kier alpha value is -1.63. The van der Waals surface area contributed by atoms with E-state index in [1.165, 1.54) is 0 Å². The van der Waals surface area contributed by atoms with Gasteiger partial charge in [-0.05, 0) is 20.3 Å². The first-order chi connectivity index (χ1) is 8.49. The predicted octanol–water partition coefficient (Wildman–Crippen LogP) is 1.42. The van der Waals surface area contributed by atoms with Crippen LogP contribution in [0.3, 0.4) is 0 Å². The zero-order valence-corrected chi connectivity index (χ0v) is 11.3. The maximum absolute atomic E-state index is 11.4. The van der Waals surface area contributed by atoms with Crippen molar-refractivity contribution in [2.45, 2.75) is 33.2 Å². The summed E-state index contributed by atoms with van der Waals surface area (Å²) in [4.78, 5) is 27.0. The van der Waals surface area contributed by atoms with Gasteiger partial charge in [0.2, 0.25) is 0 Å². The molecule has 1 aromatic heterocycles. The fourth-order valence-corrected chi connectivity index (χ4v) is 2.28. The normalized spacial score (nSPS) is 10.1. The summed E-state index contributed by atoms with van der Waals surface area (Å²) in [5.74, 6) is -0.854. The molecule has 0 radical (unpaired) electrons. The smallest absolute Gasteiger partial charge is 0.315 e. The summed E-state index contributed by atoms with van der Waals surface area (Å²) in [5, 5.41) is 14.7. The molecule has 1 rings (SSSR count). The summed E-state index contributed by atoms with van der Waals surface area (Å²) in [6, 6.07) is -0.286. The van der Waals surface area contributed by atoms with Gasteiger partial charge in [-0.2, -0.15) is 0 Å². The first kappa shape index (κ1) is 14.4. The quantitative estimate of drug-likeness (QED) is 0.682. The third-order valence-corrected chi connectivity index (χ3v) is 3.33. The second kappa shape index (κ2) is 6.95. The number of aromatic nitrogens is 1. The number of carboxylic acid groups (broad SMARTS) is 1. The molecular formula is C11H17N3O3S. The number of nitrogens with one attached hydrogen (secondary N) is 2.